The van der Waals surface area contributed by atoms with Gasteiger partial charge in [0.1, 0.15) is 0 Å². The van der Waals surface area contributed by atoms with E-state index in [0.717, 1.165) is 17.0 Å². The van der Waals surface area contributed by atoms with Gasteiger partial charge >= 0.3 is 0 Å². The second-order valence-electron chi connectivity index (χ2n) is 6.44. The average Bonchev–Trinajstić information content (AvgIpc) is 3.14. The fourth-order valence-electron chi connectivity index (χ4n) is 2.66. The summed E-state index contributed by atoms with van der Waals surface area (Å²) in [5.74, 6) is 0.793. The van der Waals surface area contributed by atoms with E-state index in [1.165, 1.54) is 17.3 Å². The summed E-state index contributed by atoms with van der Waals surface area (Å²) >= 11 is 7.23. The second kappa shape index (κ2) is 9.71. The molecule has 0 fully saturated rings. The van der Waals surface area contributed by atoms with Crippen molar-refractivity contribution in [3.05, 3.63) is 64.7 Å². The lowest BCUT2D eigenvalue weighted by molar-refractivity contribution is -0.118. The number of aromatic nitrogens is 3. The third kappa shape index (κ3) is 5.46. The van der Waals surface area contributed by atoms with Crippen molar-refractivity contribution in [3.63, 3.8) is 0 Å². The van der Waals surface area contributed by atoms with Crippen LogP contribution >= 0.6 is 23.4 Å². The van der Waals surface area contributed by atoms with E-state index in [0.29, 0.717) is 22.4 Å². The monoisotopic (exact) mass is 427 g/mol. The first kappa shape index (κ1) is 21.1. The fourth-order valence-corrected chi connectivity index (χ4v) is 3.58. The molecule has 1 aromatic heterocycles. The number of amides is 1. The van der Waals surface area contributed by atoms with Gasteiger partial charge in [0.25, 0.3) is 5.91 Å². The van der Waals surface area contributed by atoms with E-state index >= 15 is 0 Å². The van der Waals surface area contributed by atoms with E-state index < -0.39 is 0 Å². The number of thioether (sulfide) groups is 1. The molecule has 0 bridgehead atoms. The normalized spacial score (nSPS) is 11.5. The van der Waals surface area contributed by atoms with Crippen LogP contribution in [-0.4, -0.2) is 32.1 Å². The van der Waals surface area contributed by atoms with E-state index in [9.17, 15) is 4.79 Å². The molecule has 150 valence electrons. The lowest BCUT2D eigenvalue weighted by Crippen LogP contribution is -2.21. The summed E-state index contributed by atoms with van der Waals surface area (Å²) in [6.45, 7) is 6.63. The molecule has 0 saturated heterocycles. The Balaban J connectivity index is 1.62. The number of carbonyl (C=O) groups excluding carboxylic acids is 1. The molecular formula is C21H22ClN5OS. The molecular weight excluding hydrogens is 406 g/mol. The molecule has 6 nitrogen and oxygen atoms in total. The SMILES string of the molecule is CCn1c(SCC(=O)NN=C(C)c2ccc(Cl)cc2)nnc1-c1ccc(C)cc1. The van der Waals surface area contributed by atoms with Crippen molar-refractivity contribution in [1.29, 1.82) is 0 Å². The number of rotatable bonds is 7. The lowest BCUT2D eigenvalue weighted by atomic mass is 10.1. The topological polar surface area (TPSA) is 72.2 Å². The highest BCUT2D eigenvalue weighted by Crippen LogP contribution is 2.24. The molecule has 29 heavy (non-hydrogen) atoms. The van der Waals surface area contributed by atoms with Crippen molar-refractivity contribution in [3.8, 4) is 11.4 Å². The molecule has 0 radical (unpaired) electrons. The smallest absolute Gasteiger partial charge is 0.250 e. The van der Waals surface area contributed by atoms with E-state index in [1.54, 1.807) is 12.1 Å². The molecule has 2 aromatic carbocycles. The molecule has 0 atom stereocenters. The molecule has 0 aliphatic heterocycles. The third-order valence-corrected chi connectivity index (χ3v) is 5.50. The molecule has 1 amide bonds. The zero-order valence-electron chi connectivity index (χ0n) is 16.5. The van der Waals surface area contributed by atoms with E-state index in [1.807, 2.05) is 61.7 Å². The fraction of sp³-hybridized carbons (Fsp3) is 0.238. The Kier molecular flexibility index (Phi) is 7.06. The minimum Gasteiger partial charge on any atom is -0.302 e. The van der Waals surface area contributed by atoms with Crippen molar-refractivity contribution in [2.24, 2.45) is 5.10 Å². The average molecular weight is 428 g/mol. The minimum atomic E-state index is -0.203. The summed E-state index contributed by atoms with van der Waals surface area (Å²) < 4.78 is 2.00. The van der Waals surface area contributed by atoms with Crippen LogP contribution in [0.5, 0.6) is 0 Å². The highest BCUT2D eigenvalue weighted by Gasteiger charge is 2.14. The summed E-state index contributed by atoms with van der Waals surface area (Å²) in [5.41, 5.74) is 6.39. The zero-order chi connectivity index (χ0) is 20.8. The maximum absolute atomic E-state index is 12.2. The number of hydrogen-bond donors (Lipinski definition) is 1. The van der Waals surface area contributed by atoms with Crippen LogP contribution in [0.4, 0.5) is 0 Å². The first-order valence-corrected chi connectivity index (χ1v) is 10.6. The maximum atomic E-state index is 12.2. The molecule has 1 heterocycles. The summed E-state index contributed by atoms with van der Waals surface area (Å²) in [4.78, 5) is 12.2. The Morgan fingerprint density at radius 2 is 1.83 bits per heavy atom. The largest absolute Gasteiger partial charge is 0.302 e. The van der Waals surface area contributed by atoms with Gasteiger partial charge in [-0.3, -0.25) is 4.79 Å². The highest BCUT2D eigenvalue weighted by atomic mass is 35.5. The summed E-state index contributed by atoms with van der Waals surface area (Å²) in [5, 5.41) is 14.1. The Morgan fingerprint density at radius 1 is 1.14 bits per heavy atom. The van der Waals surface area contributed by atoms with Crippen LogP contribution in [0.1, 0.15) is 25.0 Å². The second-order valence-corrected chi connectivity index (χ2v) is 7.82. The van der Waals surface area contributed by atoms with Gasteiger partial charge in [-0.15, -0.1) is 10.2 Å². The predicted molar refractivity (Wildman–Crippen MR) is 118 cm³/mol. The molecule has 0 aliphatic rings. The standard InChI is InChI=1S/C21H22ClN5OS/c1-4-27-20(17-7-5-14(2)6-8-17)25-26-21(27)29-13-19(28)24-23-15(3)16-9-11-18(22)12-10-16/h5-12H,4,13H2,1-3H3,(H,24,28). The zero-order valence-corrected chi connectivity index (χ0v) is 18.1. The highest BCUT2D eigenvalue weighted by molar-refractivity contribution is 7.99. The lowest BCUT2D eigenvalue weighted by Gasteiger charge is -2.07. The summed E-state index contributed by atoms with van der Waals surface area (Å²) in [6, 6.07) is 15.4. The number of carbonyl (C=O) groups is 1. The van der Waals surface area contributed by atoms with Crippen LogP contribution < -0.4 is 5.43 Å². The first-order chi connectivity index (χ1) is 14.0. The van der Waals surface area contributed by atoms with Gasteiger partial charge in [0.05, 0.1) is 11.5 Å². The first-order valence-electron chi connectivity index (χ1n) is 9.20. The Bertz CT molecular complexity index is 1010. The Hall–Kier alpha value is -2.64. The van der Waals surface area contributed by atoms with Crippen LogP contribution in [0.15, 0.2) is 58.8 Å². The van der Waals surface area contributed by atoms with Crippen molar-refractivity contribution in [1.82, 2.24) is 20.2 Å². The van der Waals surface area contributed by atoms with Crippen molar-refractivity contribution >= 4 is 35.0 Å². The Morgan fingerprint density at radius 3 is 2.48 bits per heavy atom. The molecule has 3 aromatic rings. The third-order valence-electron chi connectivity index (χ3n) is 4.29. The molecule has 8 heteroatoms. The minimum absolute atomic E-state index is 0.198. The van der Waals surface area contributed by atoms with Gasteiger partial charge < -0.3 is 4.57 Å². The molecule has 0 aliphatic carbocycles. The van der Waals surface area contributed by atoms with Crippen LogP contribution in [0.25, 0.3) is 11.4 Å². The Labute approximate surface area is 179 Å². The summed E-state index contributed by atoms with van der Waals surface area (Å²) in [7, 11) is 0. The van der Waals surface area contributed by atoms with Gasteiger partial charge in [0, 0.05) is 17.1 Å². The number of hydrazone groups is 1. The summed E-state index contributed by atoms with van der Waals surface area (Å²) in [6.07, 6.45) is 0. The molecule has 3 rings (SSSR count). The van der Waals surface area contributed by atoms with E-state index in [4.69, 9.17) is 11.6 Å². The number of aryl methyl sites for hydroxylation is 1. The van der Waals surface area contributed by atoms with Crippen LogP contribution in [0, 0.1) is 6.92 Å². The molecule has 0 saturated carbocycles. The number of benzene rings is 2. The van der Waals surface area contributed by atoms with Crippen molar-refractivity contribution in [2.75, 3.05) is 5.75 Å². The van der Waals surface area contributed by atoms with Gasteiger partial charge in [0.15, 0.2) is 11.0 Å². The van der Waals surface area contributed by atoms with Gasteiger partial charge in [-0.05, 0) is 38.5 Å². The number of halogens is 1. The van der Waals surface area contributed by atoms with Crippen molar-refractivity contribution < 1.29 is 4.79 Å². The molecule has 0 unspecified atom stereocenters. The van der Waals surface area contributed by atoms with E-state index in [-0.39, 0.29) is 11.7 Å². The molecule has 1 N–H and O–H groups in total. The predicted octanol–water partition coefficient (Wildman–Crippen LogP) is 4.56. The van der Waals surface area contributed by atoms with Gasteiger partial charge in [-0.2, -0.15) is 5.10 Å². The quantitative estimate of drug-likeness (QED) is 0.341. The van der Waals surface area contributed by atoms with Gasteiger partial charge in [-0.25, -0.2) is 5.43 Å². The van der Waals surface area contributed by atoms with Gasteiger partial charge in [0.2, 0.25) is 0 Å². The van der Waals surface area contributed by atoms with Crippen LogP contribution in [0.2, 0.25) is 5.02 Å². The van der Waals surface area contributed by atoms with Crippen LogP contribution in [0.3, 0.4) is 0 Å². The molecule has 0 spiro atoms. The van der Waals surface area contributed by atoms with Crippen molar-refractivity contribution in [2.45, 2.75) is 32.5 Å². The van der Waals surface area contributed by atoms with Gasteiger partial charge in [-0.1, -0.05) is 65.3 Å². The number of nitrogens with one attached hydrogen (secondary N) is 1. The number of nitrogens with zero attached hydrogens (tertiary/aromatic N) is 4. The van der Waals surface area contributed by atoms with E-state index in [2.05, 4.69) is 20.7 Å². The van der Waals surface area contributed by atoms with Crippen LogP contribution in [-0.2, 0) is 11.3 Å². The maximum Gasteiger partial charge on any atom is 0.250 e. The number of hydrogen-bond acceptors (Lipinski definition) is 5.